The van der Waals surface area contributed by atoms with E-state index in [0.717, 1.165) is 23.6 Å². The molecule has 0 aliphatic heterocycles. The van der Waals surface area contributed by atoms with Crippen LogP contribution in [0.1, 0.15) is 43.0 Å². The molecule has 2 aliphatic rings. The molecule has 0 radical (unpaired) electrons. The molecule has 2 fully saturated rings. The van der Waals surface area contributed by atoms with Crippen molar-refractivity contribution in [1.29, 1.82) is 0 Å². The fourth-order valence-electron chi connectivity index (χ4n) is 4.16. The minimum Gasteiger partial charge on any atom is -0.388 e. The molecule has 0 saturated heterocycles. The van der Waals surface area contributed by atoms with Gasteiger partial charge in [0.25, 0.3) is 0 Å². The number of aromatic nitrogens is 1. The van der Waals surface area contributed by atoms with E-state index in [9.17, 15) is 5.11 Å². The molecule has 4 unspecified atom stereocenters. The number of aliphatic hydroxyl groups excluding tert-OH is 1. The van der Waals surface area contributed by atoms with Gasteiger partial charge in [0.2, 0.25) is 0 Å². The monoisotopic (exact) mass is 246 g/mol. The van der Waals surface area contributed by atoms with Crippen LogP contribution in [0.2, 0.25) is 0 Å². The van der Waals surface area contributed by atoms with E-state index in [4.69, 9.17) is 5.73 Å². The highest BCUT2D eigenvalue weighted by atomic mass is 16.3. The largest absolute Gasteiger partial charge is 0.388 e. The SMILES string of the molecule is Cc1ccc(C(O)C2(CN)CC3CCC2C3)cn1. The van der Waals surface area contributed by atoms with Crippen LogP contribution in [0.15, 0.2) is 18.3 Å². The number of nitrogens with zero attached hydrogens (tertiary/aromatic N) is 1. The van der Waals surface area contributed by atoms with Crippen molar-refractivity contribution in [3.8, 4) is 0 Å². The van der Waals surface area contributed by atoms with Crippen LogP contribution in [0.5, 0.6) is 0 Å². The van der Waals surface area contributed by atoms with Crippen LogP contribution in [0.3, 0.4) is 0 Å². The third-order valence-corrected chi connectivity index (χ3v) is 5.20. The summed E-state index contributed by atoms with van der Waals surface area (Å²) in [7, 11) is 0. The van der Waals surface area contributed by atoms with Crippen molar-refractivity contribution in [3.05, 3.63) is 29.6 Å². The van der Waals surface area contributed by atoms with Crippen molar-refractivity contribution in [2.45, 2.75) is 38.7 Å². The Morgan fingerprint density at radius 1 is 1.50 bits per heavy atom. The van der Waals surface area contributed by atoms with Crippen LogP contribution in [0.4, 0.5) is 0 Å². The van der Waals surface area contributed by atoms with E-state index < -0.39 is 6.10 Å². The smallest absolute Gasteiger partial charge is 0.0875 e. The summed E-state index contributed by atoms with van der Waals surface area (Å²) in [5.41, 5.74) is 7.86. The lowest BCUT2D eigenvalue weighted by atomic mass is 9.67. The standard InChI is InChI=1S/C15H22N2O/c1-10-2-4-12(8-17-10)14(18)15(9-16)7-11-3-5-13(15)6-11/h2,4,8,11,13-14,18H,3,5-7,9,16H2,1H3. The Morgan fingerprint density at radius 2 is 2.33 bits per heavy atom. The van der Waals surface area contributed by atoms with E-state index in [2.05, 4.69) is 4.98 Å². The first-order chi connectivity index (χ1) is 8.65. The minimum atomic E-state index is -0.453. The van der Waals surface area contributed by atoms with Crippen LogP contribution in [-0.4, -0.2) is 16.6 Å². The number of aryl methyl sites for hydroxylation is 1. The third kappa shape index (κ3) is 1.69. The van der Waals surface area contributed by atoms with Gasteiger partial charge in [-0.25, -0.2) is 0 Å². The van der Waals surface area contributed by atoms with Gasteiger partial charge >= 0.3 is 0 Å². The molecule has 98 valence electrons. The normalized spacial score (nSPS) is 35.9. The zero-order valence-corrected chi connectivity index (χ0v) is 11.0. The first kappa shape index (κ1) is 12.1. The first-order valence-electron chi connectivity index (χ1n) is 6.96. The van der Waals surface area contributed by atoms with Gasteiger partial charge in [0.1, 0.15) is 0 Å². The first-order valence-corrected chi connectivity index (χ1v) is 6.96. The topological polar surface area (TPSA) is 59.1 Å². The van der Waals surface area contributed by atoms with Gasteiger partial charge in [-0.2, -0.15) is 0 Å². The highest BCUT2D eigenvalue weighted by Gasteiger charge is 2.54. The van der Waals surface area contributed by atoms with Crippen molar-refractivity contribution in [3.63, 3.8) is 0 Å². The molecule has 3 rings (SSSR count). The Bertz CT molecular complexity index is 431. The molecule has 3 N–H and O–H groups in total. The molecular formula is C15H22N2O. The second-order valence-electron chi connectivity index (χ2n) is 6.15. The van der Waals surface area contributed by atoms with Gasteiger partial charge in [-0.3, -0.25) is 4.98 Å². The molecular weight excluding hydrogens is 224 g/mol. The summed E-state index contributed by atoms with van der Waals surface area (Å²) in [5.74, 6) is 1.38. The third-order valence-electron chi connectivity index (χ3n) is 5.20. The maximum absolute atomic E-state index is 10.8. The minimum absolute atomic E-state index is 0.0974. The molecule has 0 amide bonds. The number of rotatable bonds is 3. The molecule has 18 heavy (non-hydrogen) atoms. The van der Waals surface area contributed by atoms with Gasteiger partial charge in [0, 0.05) is 23.9 Å². The summed E-state index contributed by atoms with van der Waals surface area (Å²) in [6, 6.07) is 3.96. The maximum atomic E-state index is 10.8. The molecule has 1 heterocycles. The molecule has 0 spiro atoms. The molecule has 3 nitrogen and oxygen atoms in total. The van der Waals surface area contributed by atoms with Crippen molar-refractivity contribution in [1.82, 2.24) is 4.98 Å². The summed E-state index contributed by atoms with van der Waals surface area (Å²) in [4.78, 5) is 4.30. The average Bonchev–Trinajstić information content (AvgIpc) is 2.99. The van der Waals surface area contributed by atoms with E-state index >= 15 is 0 Å². The lowest BCUT2D eigenvalue weighted by molar-refractivity contribution is -0.0132. The Kier molecular flexibility index (Phi) is 2.91. The quantitative estimate of drug-likeness (QED) is 0.859. The Balaban J connectivity index is 1.90. The number of aliphatic hydroxyl groups is 1. The highest BCUT2D eigenvalue weighted by molar-refractivity contribution is 5.21. The van der Waals surface area contributed by atoms with E-state index in [0.29, 0.717) is 12.5 Å². The van der Waals surface area contributed by atoms with Crippen molar-refractivity contribution < 1.29 is 5.11 Å². The molecule has 2 bridgehead atoms. The average molecular weight is 246 g/mol. The fourth-order valence-corrected chi connectivity index (χ4v) is 4.16. The second kappa shape index (κ2) is 4.32. The maximum Gasteiger partial charge on any atom is 0.0875 e. The number of pyridine rings is 1. The Labute approximate surface area is 108 Å². The van der Waals surface area contributed by atoms with Crippen LogP contribution in [0, 0.1) is 24.2 Å². The van der Waals surface area contributed by atoms with E-state index in [1.165, 1.54) is 19.3 Å². The van der Waals surface area contributed by atoms with Gasteiger partial charge in [0.05, 0.1) is 6.10 Å². The van der Waals surface area contributed by atoms with E-state index in [1.54, 1.807) is 0 Å². The van der Waals surface area contributed by atoms with Crippen molar-refractivity contribution in [2.75, 3.05) is 6.54 Å². The second-order valence-corrected chi connectivity index (χ2v) is 6.15. The van der Waals surface area contributed by atoms with Gasteiger partial charge < -0.3 is 10.8 Å². The molecule has 0 aromatic carbocycles. The predicted octanol–water partition coefficient (Wildman–Crippen LogP) is 2.19. The highest BCUT2D eigenvalue weighted by Crippen LogP contribution is 2.60. The molecule has 2 saturated carbocycles. The Hall–Kier alpha value is -0.930. The van der Waals surface area contributed by atoms with Crippen LogP contribution in [0.25, 0.3) is 0 Å². The number of hydrogen-bond donors (Lipinski definition) is 2. The lowest BCUT2D eigenvalue weighted by Crippen LogP contribution is -2.41. The molecule has 3 heteroatoms. The molecule has 1 aromatic heterocycles. The number of hydrogen-bond acceptors (Lipinski definition) is 3. The van der Waals surface area contributed by atoms with Gasteiger partial charge in [-0.15, -0.1) is 0 Å². The fraction of sp³-hybridized carbons (Fsp3) is 0.667. The van der Waals surface area contributed by atoms with Crippen LogP contribution >= 0.6 is 0 Å². The zero-order chi connectivity index (χ0) is 12.8. The zero-order valence-electron chi connectivity index (χ0n) is 11.0. The summed E-state index contributed by atoms with van der Waals surface area (Å²) < 4.78 is 0. The van der Waals surface area contributed by atoms with E-state index in [-0.39, 0.29) is 5.41 Å². The Morgan fingerprint density at radius 3 is 2.83 bits per heavy atom. The number of nitrogens with two attached hydrogens (primary N) is 1. The molecule has 2 aliphatic carbocycles. The van der Waals surface area contributed by atoms with Gasteiger partial charge in [0.15, 0.2) is 0 Å². The summed E-state index contributed by atoms with van der Waals surface area (Å²) >= 11 is 0. The molecule has 4 atom stereocenters. The van der Waals surface area contributed by atoms with Gasteiger partial charge in [-0.05, 0) is 49.7 Å². The number of fused-ring (bicyclic) bond motifs is 2. The van der Waals surface area contributed by atoms with E-state index in [1.807, 2.05) is 25.3 Å². The van der Waals surface area contributed by atoms with Crippen molar-refractivity contribution in [2.24, 2.45) is 23.0 Å². The summed E-state index contributed by atoms with van der Waals surface area (Å²) in [6.07, 6.45) is 6.26. The summed E-state index contributed by atoms with van der Waals surface area (Å²) in [5, 5.41) is 10.8. The molecule has 1 aromatic rings. The summed E-state index contributed by atoms with van der Waals surface area (Å²) in [6.45, 7) is 2.55. The van der Waals surface area contributed by atoms with Gasteiger partial charge in [-0.1, -0.05) is 12.5 Å². The van der Waals surface area contributed by atoms with Crippen LogP contribution < -0.4 is 5.73 Å². The van der Waals surface area contributed by atoms with Crippen LogP contribution in [-0.2, 0) is 0 Å². The lowest BCUT2D eigenvalue weighted by Gasteiger charge is -2.41. The van der Waals surface area contributed by atoms with Crippen molar-refractivity contribution >= 4 is 0 Å². The predicted molar refractivity (Wildman–Crippen MR) is 70.9 cm³/mol.